The molecule has 0 atom stereocenters. The highest BCUT2D eigenvalue weighted by Gasteiger charge is 2.18. The van der Waals surface area contributed by atoms with Crippen LogP contribution in [-0.4, -0.2) is 31.8 Å². The maximum absolute atomic E-state index is 12.4. The van der Waals surface area contributed by atoms with Gasteiger partial charge in [0.2, 0.25) is 0 Å². The van der Waals surface area contributed by atoms with E-state index in [1.807, 2.05) is 14.0 Å². The van der Waals surface area contributed by atoms with Crippen LogP contribution in [0.3, 0.4) is 0 Å². The molecule has 0 unspecified atom stereocenters. The highest BCUT2D eigenvalue weighted by Crippen LogP contribution is 2.27. The SMILES string of the molecule is Cc1nn(C)c2sc(C(=O)NNC(=O)c3n[nH]c(=O)c4ccccc34)cc12. The fourth-order valence-electron chi connectivity index (χ4n) is 2.84. The third kappa shape index (κ3) is 2.85. The van der Waals surface area contributed by atoms with Crippen molar-refractivity contribution >= 4 is 44.1 Å². The molecule has 3 aromatic heterocycles. The zero-order valence-electron chi connectivity index (χ0n) is 14.4. The first-order valence-corrected chi connectivity index (χ1v) is 8.78. The fraction of sp³-hybridized carbons (Fsp3) is 0.118. The van der Waals surface area contributed by atoms with Crippen LogP contribution in [0.4, 0.5) is 0 Å². The van der Waals surface area contributed by atoms with E-state index in [9.17, 15) is 14.4 Å². The Morgan fingerprint density at radius 1 is 1.11 bits per heavy atom. The number of fused-ring (bicyclic) bond motifs is 2. The summed E-state index contributed by atoms with van der Waals surface area (Å²) in [6.07, 6.45) is 0. The Bertz CT molecular complexity index is 1230. The number of thiophene rings is 1. The number of nitrogens with one attached hydrogen (secondary N) is 3. The van der Waals surface area contributed by atoms with E-state index in [1.54, 1.807) is 35.0 Å². The molecular formula is C17H14N6O3S. The van der Waals surface area contributed by atoms with Crippen molar-refractivity contribution in [3.63, 3.8) is 0 Å². The van der Waals surface area contributed by atoms with Gasteiger partial charge in [0, 0.05) is 17.8 Å². The smallest absolute Gasteiger partial charge is 0.267 e. The highest BCUT2D eigenvalue weighted by atomic mass is 32.1. The van der Waals surface area contributed by atoms with Gasteiger partial charge in [0.15, 0.2) is 5.69 Å². The van der Waals surface area contributed by atoms with Gasteiger partial charge in [-0.15, -0.1) is 11.3 Å². The van der Waals surface area contributed by atoms with Gasteiger partial charge in [0.05, 0.1) is 16.0 Å². The van der Waals surface area contributed by atoms with E-state index in [-0.39, 0.29) is 11.3 Å². The third-order valence-electron chi connectivity index (χ3n) is 4.12. The second kappa shape index (κ2) is 6.32. The first-order chi connectivity index (χ1) is 13.0. The standard InChI is InChI=1S/C17H14N6O3S/c1-8-11-7-12(27-17(11)23(2)22-8)15(25)20-21-16(26)13-9-5-3-4-6-10(9)14(24)19-18-13/h3-7H,1-2H3,(H,19,24)(H,20,25)(H,21,26). The quantitative estimate of drug-likeness (QED) is 0.451. The zero-order valence-corrected chi connectivity index (χ0v) is 15.2. The van der Waals surface area contributed by atoms with E-state index in [4.69, 9.17) is 0 Å². The lowest BCUT2D eigenvalue weighted by Crippen LogP contribution is -2.42. The fourth-order valence-corrected chi connectivity index (χ4v) is 3.86. The van der Waals surface area contributed by atoms with E-state index in [2.05, 4.69) is 26.1 Å². The molecule has 0 spiro atoms. The van der Waals surface area contributed by atoms with Crippen molar-refractivity contribution in [1.82, 2.24) is 30.8 Å². The Morgan fingerprint density at radius 2 is 1.81 bits per heavy atom. The molecule has 0 bridgehead atoms. The van der Waals surface area contributed by atoms with Crippen LogP contribution in [0.5, 0.6) is 0 Å². The average Bonchev–Trinajstić information content (AvgIpc) is 3.22. The second-order valence-corrected chi connectivity index (χ2v) is 6.92. The van der Waals surface area contributed by atoms with Crippen LogP contribution in [0.1, 0.15) is 25.9 Å². The summed E-state index contributed by atoms with van der Waals surface area (Å²) in [7, 11) is 1.81. The number of amides is 2. The number of nitrogens with zero attached hydrogens (tertiary/aromatic N) is 3. The number of aryl methyl sites for hydroxylation is 2. The van der Waals surface area contributed by atoms with Crippen LogP contribution < -0.4 is 16.4 Å². The van der Waals surface area contributed by atoms with Gasteiger partial charge >= 0.3 is 0 Å². The minimum atomic E-state index is -0.630. The van der Waals surface area contributed by atoms with Gasteiger partial charge < -0.3 is 0 Å². The number of aromatic nitrogens is 4. The molecule has 0 saturated heterocycles. The van der Waals surface area contributed by atoms with Crippen LogP contribution in [0, 0.1) is 6.92 Å². The monoisotopic (exact) mass is 382 g/mol. The van der Waals surface area contributed by atoms with Gasteiger partial charge in [-0.2, -0.15) is 10.2 Å². The lowest BCUT2D eigenvalue weighted by Gasteiger charge is -2.07. The molecule has 0 radical (unpaired) electrons. The van der Waals surface area contributed by atoms with Crippen LogP contribution in [0.15, 0.2) is 35.1 Å². The molecule has 4 rings (SSSR count). The van der Waals surface area contributed by atoms with Crippen molar-refractivity contribution in [1.29, 1.82) is 0 Å². The van der Waals surface area contributed by atoms with Crippen molar-refractivity contribution in [2.45, 2.75) is 6.92 Å². The number of benzene rings is 1. The average molecular weight is 382 g/mol. The Labute approximate surface area is 156 Å². The van der Waals surface area contributed by atoms with Gasteiger partial charge in [0.1, 0.15) is 4.83 Å². The number of carbonyl (C=O) groups excluding carboxylic acids is 2. The van der Waals surface area contributed by atoms with E-state index >= 15 is 0 Å². The molecule has 0 aliphatic carbocycles. The molecular weight excluding hydrogens is 368 g/mol. The summed E-state index contributed by atoms with van der Waals surface area (Å²) in [5.41, 5.74) is 5.17. The van der Waals surface area contributed by atoms with E-state index in [1.165, 1.54) is 11.3 Å². The number of rotatable bonds is 2. The number of H-pyrrole nitrogens is 1. The Balaban J connectivity index is 1.55. The van der Waals surface area contributed by atoms with Crippen molar-refractivity contribution in [3.8, 4) is 0 Å². The molecule has 3 N–H and O–H groups in total. The molecule has 2 amide bonds. The molecule has 136 valence electrons. The highest BCUT2D eigenvalue weighted by molar-refractivity contribution is 7.20. The van der Waals surface area contributed by atoms with E-state index in [0.717, 1.165) is 15.9 Å². The topological polar surface area (TPSA) is 122 Å². The predicted octanol–water partition coefficient (Wildman–Crippen LogP) is 1.25. The van der Waals surface area contributed by atoms with E-state index < -0.39 is 11.8 Å². The van der Waals surface area contributed by atoms with Gasteiger partial charge in [0.25, 0.3) is 17.4 Å². The second-order valence-electron chi connectivity index (χ2n) is 5.89. The van der Waals surface area contributed by atoms with Crippen LogP contribution in [0.25, 0.3) is 21.0 Å². The molecule has 1 aromatic carbocycles. The lowest BCUT2D eigenvalue weighted by molar-refractivity contribution is 0.0846. The van der Waals surface area contributed by atoms with Crippen molar-refractivity contribution in [3.05, 3.63) is 57.0 Å². The molecule has 0 aliphatic rings. The molecule has 0 fully saturated rings. The van der Waals surface area contributed by atoms with Crippen molar-refractivity contribution in [2.75, 3.05) is 0 Å². The van der Waals surface area contributed by atoms with Crippen molar-refractivity contribution in [2.24, 2.45) is 7.05 Å². The number of carbonyl (C=O) groups is 2. The number of hydrazine groups is 1. The molecule has 10 heteroatoms. The van der Waals surface area contributed by atoms with Gasteiger partial charge in [-0.3, -0.25) is 29.9 Å². The largest absolute Gasteiger partial charge is 0.290 e. The minimum absolute atomic E-state index is 0.0156. The lowest BCUT2D eigenvalue weighted by atomic mass is 10.1. The molecule has 9 nitrogen and oxygen atoms in total. The molecule has 27 heavy (non-hydrogen) atoms. The molecule has 0 aliphatic heterocycles. The van der Waals surface area contributed by atoms with Gasteiger partial charge in [-0.05, 0) is 19.1 Å². The zero-order chi connectivity index (χ0) is 19.1. The number of hydrogen-bond donors (Lipinski definition) is 3. The Hall–Kier alpha value is -3.53. The first kappa shape index (κ1) is 16.9. The van der Waals surface area contributed by atoms with Gasteiger partial charge in [-0.1, -0.05) is 18.2 Å². The molecule has 3 heterocycles. The third-order valence-corrected chi connectivity index (χ3v) is 5.32. The summed E-state index contributed by atoms with van der Waals surface area (Å²) in [6.45, 7) is 1.87. The number of hydrogen-bond acceptors (Lipinski definition) is 6. The van der Waals surface area contributed by atoms with Gasteiger partial charge in [-0.25, -0.2) is 5.10 Å². The predicted molar refractivity (Wildman–Crippen MR) is 101 cm³/mol. The summed E-state index contributed by atoms with van der Waals surface area (Å²) in [6, 6.07) is 8.35. The molecule has 0 saturated carbocycles. The van der Waals surface area contributed by atoms with Crippen LogP contribution in [0.2, 0.25) is 0 Å². The normalized spacial score (nSPS) is 11.0. The number of aromatic amines is 1. The summed E-state index contributed by atoms with van der Waals surface area (Å²) in [5.74, 6) is -1.08. The maximum Gasteiger partial charge on any atom is 0.290 e. The summed E-state index contributed by atoms with van der Waals surface area (Å²) in [5, 5.41) is 12.0. The first-order valence-electron chi connectivity index (χ1n) is 7.97. The summed E-state index contributed by atoms with van der Waals surface area (Å²) >= 11 is 1.28. The summed E-state index contributed by atoms with van der Waals surface area (Å²) in [4.78, 5) is 37.9. The van der Waals surface area contributed by atoms with Crippen LogP contribution in [-0.2, 0) is 7.05 Å². The van der Waals surface area contributed by atoms with Crippen molar-refractivity contribution < 1.29 is 9.59 Å². The minimum Gasteiger partial charge on any atom is -0.267 e. The van der Waals surface area contributed by atoms with E-state index in [0.29, 0.717) is 15.6 Å². The Morgan fingerprint density at radius 3 is 2.56 bits per heavy atom. The van der Waals surface area contributed by atoms with Crippen LogP contribution >= 0.6 is 11.3 Å². The Kier molecular flexibility index (Phi) is 3.96. The molecule has 4 aromatic rings. The maximum atomic E-state index is 12.4. The summed E-state index contributed by atoms with van der Waals surface area (Å²) < 4.78 is 1.71.